The molecule has 1 aliphatic carbocycles. The molecule has 0 aromatic carbocycles. The summed E-state index contributed by atoms with van der Waals surface area (Å²) in [4.78, 5) is 36.5. The van der Waals surface area contributed by atoms with Crippen molar-refractivity contribution in [3.63, 3.8) is 0 Å². The molecule has 2 saturated heterocycles. The van der Waals surface area contributed by atoms with Crippen LogP contribution in [0.4, 0.5) is 0 Å². The largest absolute Gasteiger partial charge is 0.480 e. The van der Waals surface area contributed by atoms with Crippen LogP contribution in [0.3, 0.4) is 0 Å². The second-order valence-electron chi connectivity index (χ2n) is 5.32. The van der Waals surface area contributed by atoms with E-state index in [9.17, 15) is 19.5 Å². The van der Waals surface area contributed by atoms with Crippen LogP contribution in [0, 0.1) is 5.92 Å². The van der Waals surface area contributed by atoms with Crippen LogP contribution < -0.4 is 5.32 Å². The van der Waals surface area contributed by atoms with Crippen LogP contribution in [-0.4, -0.2) is 51.0 Å². The lowest BCUT2D eigenvalue weighted by Gasteiger charge is -2.29. The van der Waals surface area contributed by atoms with Gasteiger partial charge in [0, 0.05) is 12.2 Å². The Balaban J connectivity index is 1.78. The molecule has 0 bridgehead atoms. The van der Waals surface area contributed by atoms with Gasteiger partial charge in [-0.05, 0) is 25.2 Å². The number of carbonyl (C=O) groups is 3. The summed E-state index contributed by atoms with van der Waals surface area (Å²) < 4.78 is 0. The third-order valence-corrected chi connectivity index (χ3v) is 5.35. The van der Waals surface area contributed by atoms with Crippen molar-refractivity contribution in [3.8, 4) is 0 Å². The molecule has 3 fully saturated rings. The van der Waals surface area contributed by atoms with Gasteiger partial charge in [0.2, 0.25) is 11.8 Å². The quantitative estimate of drug-likeness (QED) is 0.763. The van der Waals surface area contributed by atoms with Gasteiger partial charge in [0.25, 0.3) is 0 Å². The molecule has 104 valence electrons. The van der Waals surface area contributed by atoms with Gasteiger partial charge in [-0.3, -0.25) is 9.59 Å². The highest BCUT2D eigenvalue weighted by molar-refractivity contribution is 8.00. The lowest BCUT2D eigenvalue weighted by atomic mass is 10.1. The van der Waals surface area contributed by atoms with E-state index in [1.165, 1.54) is 4.90 Å². The molecule has 1 saturated carbocycles. The number of nitrogens with zero attached hydrogens (tertiary/aromatic N) is 1. The van der Waals surface area contributed by atoms with Crippen molar-refractivity contribution in [3.05, 3.63) is 0 Å². The van der Waals surface area contributed by atoms with Gasteiger partial charge < -0.3 is 15.3 Å². The number of hydrogen-bond donors (Lipinski definition) is 2. The normalized spacial score (nSPS) is 34.4. The summed E-state index contributed by atoms with van der Waals surface area (Å²) in [6.07, 6.45) is 2.95. The third kappa shape index (κ3) is 2.31. The Morgan fingerprint density at radius 1 is 1.32 bits per heavy atom. The van der Waals surface area contributed by atoms with Gasteiger partial charge in [-0.1, -0.05) is 0 Å². The van der Waals surface area contributed by atoms with E-state index >= 15 is 0 Å². The Morgan fingerprint density at radius 3 is 2.58 bits per heavy atom. The zero-order chi connectivity index (χ0) is 13.6. The van der Waals surface area contributed by atoms with Gasteiger partial charge in [-0.15, -0.1) is 11.8 Å². The molecule has 0 aromatic rings. The first-order chi connectivity index (χ1) is 9.08. The molecule has 0 spiro atoms. The van der Waals surface area contributed by atoms with Crippen LogP contribution in [0.1, 0.15) is 25.7 Å². The fourth-order valence-corrected chi connectivity index (χ4v) is 4.36. The summed E-state index contributed by atoms with van der Waals surface area (Å²) in [6, 6.07) is -1.28. The SMILES string of the molecule is O=C1CCC(C(=O)N2C(C(=O)O)CSC2C2CC2)N1. The molecule has 0 radical (unpaired) electrons. The van der Waals surface area contributed by atoms with Gasteiger partial charge in [0.05, 0.1) is 5.37 Å². The first kappa shape index (κ1) is 12.8. The van der Waals surface area contributed by atoms with Crippen LogP contribution in [0.2, 0.25) is 0 Å². The number of carbonyl (C=O) groups excluding carboxylic acids is 2. The fourth-order valence-electron chi connectivity index (χ4n) is 2.72. The molecular weight excluding hydrogens is 268 g/mol. The monoisotopic (exact) mass is 284 g/mol. The molecule has 19 heavy (non-hydrogen) atoms. The summed E-state index contributed by atoms with van der Waals surface area (Å²) in [6.45, 7) is 0. The number of carboxylic acid groups (broad SMARTS) is 1. The summed E-state index contributed by atoms with van der Waals surface area (Å²) in [5.41, 5.74) is 0. The molecule has 2 amide bonds. The number of amides is 2. The summed E-state index contributed by atoms with van der Waals surface area (Å²) >= 11 is 1.56. The maximum Gasteiger partial charge on any atom is 0.327 e. The second kappa shape index (κ2) is 4.70. The van der Waals surface area contributed by atoms with Crippen molar-refractivity contribution in [1.29, 1.82) is 0 Å². The van der Waals surface area contributed by atoms with Gasteiger partial charge in [0.15, 0.2) is 0 Å². The van der Waals surface area contributed by atoms with E-state index in [2.05, 4.69) is 5.32 Å². The number of thioether (sulfide) groups is 1. The van der Waals surface area contributed by atoms with Crippen LogP contribution in [0.5, 0.6) is 0 Å². The minimum atomic E-state index is -0.951. The highest BCUT2D eigenvalue weighted by Gasteiger charge is 2.49. The standard InChI is InChI=1S/C12H16N2O4S/c15-9-4-3-7(13-9)10(16)14-8(12(17)18)5-19-11(14)6-1-2-6/h6-8,11H,1-5H2,(H,13,15)(H,17,18). The Kier molecular flexibility index (Phi) is 3.16. The molecule has 7 heteroatoms. The summed E-state index contributed by atoms with van der Waals surface area (Å²) in [5, 5.41) is 11.9. The Hall–Kier alpha value is -1.24. The molecule has 0 aromatic heterocycles. The van der Waals surface area contributed by atoms with Crippen molar-refractivity contribution < 1.29 is 19.5 Å². The Labute approximate surface area is 114 Å². The Bertz CT molecular complexity index is 437. The van der Waals surface area contributed by atoms with E-state index in [0.717, 1.165) is 12.8 Å². The molecule has 3 unspecified atom stereocenters. The number of aliphatic carboxylic acids is 1. The van der Waals surface area contributed by atoms with E-state index in [1.807, 2.05) is 0 Å². The average Bonchev–Trinajstić information content (AvgIpc) is 2.96. The highest BCUT2D eigenvalue weighted by Crippen LogP contribution is 2.45. The van der Waals surface area contributed by atoms with Gasteiger partial charge in [-0.25, -0.2) is 4.79 Å². The van der Waals surface area contributed by atoms with E-state index in [4.69, 9.17) is 0 Å². The van der Waals surface area contributed by atoms with E-state index in [0.29, 0.717) is 24.5 Å². The average molecular weight is 284 g/mol. The lowest BCUT2D eigenvalue weighted by molar-refractivity contribution is -0.150. The number of carboxylic acids is 1. The fraction of sp³-hybridized carbons (Fsp3) is 0.750. The van der Waals surface area contributed by atoms with E-state index in [1.54, 1.807) is 11.8 Å². The van der Waals surface area contributed by atoms with E-state index in [-0.39, 0.29) is 17.2 Å². The molecule has 3 atom stereocenters. The van der Waals surface area contributed by atoms with Crippen LogP contribution in [-0.2, 0) is 14.4 Å². The van der Waals surface area contributed by atoms with Crippen molar-refractivity contribution in [2.24, 2.45) is 5.92 Å². The minimum absolute atomic E-state index is 0.0221. The zero-order valence-corrected chi connectivity index (χ0v) is 11.2. The number of nitrogens with one attached hydrogen (secondary N) is 1. The van der Waals surface area contributed by atoms with Crippen molar-refractivity contribution in [2.75, 3.05) is 5.75 Å². The topological polar surface area (TPSA) is 86.7 Å². The summed E-state index contributed by atoms with van der Waals surface area (Å²) in [7, 11) is 0. The Morgan fingerprint density at radius 2 is 2.05 bits per heavy atom. The first-order valence-electron chi connectivity index (χ1n) is 6.54. The van der Waals surface area contributed by atoms with Crippen molar-refractivity contribution >= 4 is 29.5 Å². The van der Waals surface area contributed by atoms with Crippen LogP contribution in [0.15, 0.2) is 0 Å². The third-order valence-electron chi connectivity index (χ3n) is 3.89. The molecule has 6 nitrogen and oxygen atoms in total. The molecule has 2 N–H and O–H groups in total. The van der Waals surface area contributed by atoms with Crippen molar-refractivity contribution in [2.45, 2.75) is 43.1 Å². The lowest BCUT2D eigenvalue weighted by Crippen LogP contribution is -2.52. The molecule has 2 aliphatic heterocycles. The predicted molar refractivity (Wildman–Crippen MR) is 68.4 cm³/mol. The predicted octanol–water partition coefficient (Wildman–Crippen LogP) is 0.0297. The van der Waals surface area contributed by atoms with Crippen LogP contribution >= 0.6 is 11.8 Å². The van der Waals surface area contributed by atoms with Gasteiger partial charge in [0.1, 0.15) is 12.1 Å². The maximum absolute atomic E-state index is 12.5. The molecule has 3 rings (SSSR count). The van der Waals surface area contributed by atoms with Crippen molar-refractivity contribution in [1.82, 2.24) is 10.2 Å². The molecule has 2 heterocycles. The smallest absolute Gasteiger partial charge is 0.327 e. The summed E-state index contributed by atoms with van der Waals surface area (Å²) in [5.74, 6) is -0.424. The second-order valence-corrected chi connectivity index (χ2v) is 6.47. The minimum Gasteiger partial charge on any atom is -0.480 e. The number of hydrogen-bond acceptors (Lipinski definition) is 4. The van der Waals surface area contributed by atoms with Gasteiger partial charge in [-0.2, -0.15) is 0 Å². The number of rotatable bonds is 3. The highest BCUT2D eigenvalue weighted by atomic mass is 32.2. The first-order valence-corrected chi connectivity index (χ1v) is 7.59. The van der Waals surface area contributed by atoms with E-state index < -0.39 is 18.1 Å². The van der Waals surface area contributed by atoms with Gasteiger partial charge >= 0.3 is 5.97 Å². The maximum atomic E-state index is 12.5. The molecule has 3 aliphatic rings. The van der Waals surface area contributed by atoms with Crippen LogP contribution in [0.25, 0.3) is 0 Å². The zero-order valence-electron chi connectivity index (χ0n) is 10.4. The molecular formula is C12H16N2O4S.